The van der Waals surface area contributed by atoms with E-state index in [4.69, 9.17) is 4.74 Å². The van der Waals surface area contributed by atoms with Crippen LogP contribution in [0.3, 0.4) is 0 Å². The fraction of sp³-hybridized carbons (Fsp3) is 0.600. The standard InChI is InChI=1S/C30H46O2/c1-27(2,3)22-13-20(14-23(17-22)28(4,5)6)18-32-19-21-15-24(29(7,8)9)26(31)25(16-21)30(10,11)12/h13-17,31H,18-19H2,1-12H3. The molecule has 0 atom stereocenters. The Morgan fingerprint density at radius 3 is 1.19 bits per heavy atom. The summed E-state index contributed by atoms with van der Waals surface area (Å²) < 4.78 is 6.23. The van der Waals surface area contributed by atoms with E-state index >= 15 is 0 Å². The Morgan fingerprint density at radius 1 is 0.531 bits per heavy atom. The number of benzene rings is 2. The van der Waals surface area contributed by atoms with Gasteiger partial charge in [-0.25, -0.2) is 0 Å². The van der Waals surface area contributed by atoms with Crippen molar-refractivity contribution in [2.45, 2.75) is 118 Å². The van der Waals surface area contributed by atoms with Gasteiger partial charge in [-0.1, -0.05) is 101 Å². The molecule has 0 aromatic heterocycles. The number of hydrogen-bond acceptors (Lipinski definition) is 2. The van der Waals surface area contributed by atoms with Gasteiger partial charge in [0, 0.05) is 0 Å². The van der Waals surface area contributed by atoms with Crippen LogP contribution in [0.4, 0.5) is 0 Å². The molecule has 32 heavy (non-hydrogen) atoms. The van der Waals surface area contributed by atoms with Gasteiger partial charge in [0.15, 0.2) is 0 Å². The Hall–Kier alpha value is -1.80. The topological polar surface area (TPSA) is 29.5 Å². The monoisotopic (exact) mass is 438 g/mol. The highest BCUT2D eigenvalue weighted by atomic mass is 16.5. The minimum absolute atomic E-state index is 0.0934. The maximum Gasteiger partial charge on any atom is 0.123 e. The van der Waals surface area contributed by atoms with E-state index in [1.807, 2.05) is 0 Å². The molecule has 0 saturated heterocycles. The van der Waals surface area contributed by atoms with E-state index in [0.29, 0.717) is 19.0 Å². The predicted octanol–water partition coefficient (Wildman–Crippen LogP) is 8.30. The van der Waals surface area contributed by atoms with Gasteiger partial charge in [-0.15, -0.1) is 0 Å². The molecule has 2 rings (SSSR count). The van der Waals surface area contributed by atoms with Crippen molar-refractivity contribution in [3.8, 4) is 5.75 Å². The molecule has 1 N–H and O–H groups in total. The molecular formula is C30H46O2. The molecule has 0 radical (unpaired) electrons. The molecule has 0 bridgehead atoms. The van der Waals surface area contributed by atoms with Crippen LogP contribution in [0.5, 0.6) is 5.75 Å². The number of aromatic hydroxyl groups is 1. The van der Waals surface area contributed by atoms with Gasteiger partial charge < -0.3 is 9.84 Å². The predicted molar refractivity (Wildman–Crippen MR) is 138 cm³/mol. The van der Waals surface area contributed by atoms with Gasteiger partial charge in [0.25, 0.3) is 0 Å². The van der Waals surface area contributed by atoms with Crippen LogP contribution in [0.1, 0.15) is 116 Å². The van der Waals surface area contributed by atoms with Gasteiger partial charge in [0.05, 0.1) is 13.2 Å². The first-order chi connectivity index (χ1) is 14.3. The molecule has 2 heteroatoms. The van der Waals surface area contributed by atoms with E-state index in [-0.39, 0.29) is 21.7 Å². The van der Waals surface area contributed by atoms with Gasteiger partial charge in [0.1, 0.15) is 5.75 Å². The van der Waals surface area contributed by atoms with Crippen molar-refractivity contribution in [3.63, 3.8) is 0 Å². The number of phenols is 1. The van der Waals surface area contributed by atoms with Crippen molar-refractivity contribution in [3.05, 3.63) is 63.7 Å². The molecule has 0 aliphatic heterocycles. The zero-order valence-electron chi connectivity index (χ0n) is 22.7. The zero-order valence-corrected chi connectivity index (χ0v) is 22.7. The van der Waals surface area contributed by atoms with Crippen LogP contribution < -0.4 is 0 Å². The lowest BCUT2D eigenvalue weighted by Crippen LogP contribution is -2.18. The third-order valence-electron chi connectivity index (χ3n) is 6.05. The van der Waals surface area contributed by atoms with Crippen molar-refractivity contribution < 1.29 is 9.84 Å². The molecule has 0 aliphatic rings. The first-order valence-corrected chi connectivity index (χ1v) is 11.9. The van der Waals surface area contributed by atoms with Gasteiger partial charge >= 0.3 is 0 Å². The second-order valence-electron chi connectivity index (χ2n) is 13.5. The minimum Gasteiger partial charge on any atom is -0.507 e. The summed E-state index contributed by atoms with van der Waals surface area (Å²) in [5.74, 6) is 0.418. The third kappa shape index (κ3) is 6.61. The lowest BCUT2D eigenvalue weighted by molar-refractivity contribution is 0.107. The quantitative estimate of drug-likeness (QED) is 0.520. The fourth-order valence-electron chi connectivity index (χ4n) is 3.85. The normalized spacial score (nSPS) is 13.5. The van der Waals surface area contributed by atoms with E-state index in [9.17, 15) is 5.11 Å². The highest BCUT2D eigenvalue weighted by Gasteiger charge is 2.26. The van der Waals surface area contributed by atoms with Crippen LogP contribution in [-0.4, -0.2) is 5.11 Å². The van der Waals surface area contributed by atoms with Crippen LogP contribution in [0.15, 0.2) is 30.3 Å². The third-order valence-corrected chi connectivity index (χ3v) is 6.05. The first kappa shape index (κ1) is 26.5. The van der Waals surface area contributed by atoms with Crippen molar-refractivity contribution in [1.82, 2.24) is 0 Å². The minimum atomic E-state index is -0.136. The highest BCUT2D eigenvalue weighted by molar-refractivity contribution is 5.49. The van der Waals surface area contributed by atoms with Gasteiger partial charge in [-0.2, -0.15) is 0 Å². The van der Waals surface area contributed by atoms with E-state index in [0.717, 1.165) is 16.7 Å². The maximum atomic E-state index is 11.0. The summed E-state index contributed by atoms with van der Waals surface area (Å²) in [5.41, 5.74) is 6.89. The number of ether oxygens (including phenoxy) is 1. The van der Waals surface area contributed by atoms with E-state index in [1.54, 1.807) is 0 Å². The average molecular weight is 439 g/mol. The molecule has 0 aliphatic carbocycles. The van der Waals surface area contributed by atoms with Gasteiger partial charge in [-0.05, 0) is 67.2 Å². The Balaban J connectivity index is 2.34. The Bertz CT molecular complexity index is 871. The largest absolute Gasteiger partial charge is 0.507 e. The Labute approximate surface area is 197 Å². The molecule has 0 fully saturated rings. The maximum absolute atomic E-state index is 11.0. The second-order valence-corrected chi connectivity index (χ2v) is 13.5. The average Bonchev–Trinajstić information content (AvgIpc) is 2.59. The second kappa shape index (κ2) is 8.86. The van der Waals surface area contributed by atoms with Crippen molar-refractivity contribution >= 4 is 0 Å². The highest BCUT2D eigenvalue weighted by Crippen LogP contribution is 2.40. The molecule has 2 aromatic carbocycles. The molecule has 178 valence electrons. The molecule has 2 nitrogen and oxygen atoms in total. The van der Waals surface area contributed by atoms with Gasteiger partial charge in [-0.3, -0.25) is 0 Å². The lowest BCUT2D eigenvalue weighted by Gasteiger charge is -2.28. The summed E-state index contributed by atoms with van der Waals surface area (Å²) in [6.45, 7) is 27.5. The molecule has 0 saturated carbocycles. The zero-order chi connectivity index (χ0) is 24.7. The van der Waals surface area contributed by atoms with Gasteiger partial charge in [0.2, 0.25) is 0 Å². The summed E-state index contributed by atoms with van der Waals surface area (Å²) >= 11 is 0. The number of hydrogen-bond donors (Lipinski definition) is 1. The van der Waals surface area contributed by atoms with Crippen molar-refractivity contribution in [1.29, 1.82) is 0 Å². The number of phenolic OH excluding ortho intramolecular Hbond substituents is 1. The summed E-state index contributed by atoms with van der Waals surface area (Å²) in [5, 5.41) is 11.0. The van der Waals surface area contributed by atoms with Crippen LogP contribution in [0.25, 0.3) is 0 Å². The Morgan fingerprint density at radius 2 is 0.875 bits per heavy atom. The SMILES string of the molecule is CC(C)(C)c1cc(COCc2cc(C(C)(C)C)c(O)c(C(C)(C)C)c2)cc(C(C)(C)C)c1. The molecule has 0 spiro atoms. The van der Waals surface area contributed by atoms with Crippen LogP contribution in [0, 0.1) is 0 Å². The summed E-state index contributed by atoms with van der Waals surface area (Å²) in [7, 11) is 0. The fourth-order valence-corrected chi connectivity index (χ4v) is 3.85. The smallest absolute Gasteiger partial charge is 0.123 e. The van der Waals surface area contributed by atoms with Crippen molar-refractivity contribution in [2.75, 3.05) is 0 Å². The van der Waals surface area contributed by atoms with Crippen molar-refractivity contribution in [2.24, 2.45) is 0 Å². The molecular weight excluding hydrogens is 392 g/mol. The van der Waals surface area contributed by atoms with E-state index in [2.05, 4.69) is 113 Å². The molecule has 2 aromatic rings. The molecule has 0 amide bonds. The molecule has 0 unspecified atom stereocenters. The Kier molecular flexibility index (Phi) is 7.32. The summed E-state index contributed by atoms with van der Waals surface area (Å²) in [6, 6.07) is 11.1. The van der Waals surface area contributed by atoms with E-state index < -0.39 is 0 Å². The first-order valence-electron chi connectivity index (χ1n) is 11.9. The van der Waals surface area contributed by atoms with Crippen LogP contribution >= 0.6 is 0 Å². The summed E-state index contributed by atoms with van der Waals surface area (Å²) in [6.07, 6.45) is 0. The summed E-state index contributed by atoms with van der Waals surface area (Å²) in [4.78, 5) is 0. The lowest BCUT2D eigenvalue weighted by atomic mass is 9.78. The van der Waals surface area contributed by atoms with Crippen LogP contribution in [-0.2, 0) is 39.6 Å². The number of rotatable bonds is 4. The van der Waals surface area contributed by atoms with Crippen LogP contribution in [0.2, 0.25) is 0 Å². The van der Waals surface area contributed by atoms with E-state index in [1.165, 1.54) is 16.7 Å². The molecule has 0 heterocycles.